The van der Waals surface area contributed by atoms with Crippen LogP contribution in [-0.2, 0) is 6.54 Å². The molecule has 0 aromatic heterocycles. The molecule has 0 spiro atoms. The Morgan fingerprint density at radius 1 is 0.833 bits per heavy atom. The van der Waals surface area contributed by atoms with E-state index in [2.05, 4.69) is 17.6 Å². The molecule has 3 aromatic carbocycles. The summed E-state index contributed by atoms with van der Waals surface area (Å²) < 4.78 is 5.87. The van der Waals surface area contributed by atoms with Crippen molar-refractivity contribution in [3.05, 3.63) is 95.6 Å². The highest BCUT2D eigenvalue weighted by molar-refractivity contribution is 7.80. The number of carbonyl (C=O) groups is 2. The second-order valence-electron chi connectivity index (χ2n) is 8.41. The topological polar surface area (TPSA) is 70.7 Å². The summed E-state index contributed by atoms with van der Waals surface area (Å²) in [5, 5.41) is 5.90. The van der Waals surface area contributed by atoms with E-state index in [1.807, 2.05) is 42.5 Å². The van der Waals surface area contributed by atoms with Gasteiger partial charge in [0.1, 0.15) is 5.75 Å². The molecule has 0 aliphatic carbocycles. The normalized spacial score (nSPS) is 10.4. The highest BCUT2D eigenvalue weighted by Crippen LogP contribution is 2.21. The number of benzene rings is 3. The van der Waals surface area contributed by atoms with Crippen LogP contribution in [0.1, 0.15) is 58.9 Å². The van der Waals surface area contributed by atoms with Crippen LogP contribution in [0.4, 0.5) is 5.69 Å². The van der Waals surface area contributed by atoms with Crippen LogP contribution in [0.3, 0.4) is 0 Å². The summed E-state index contributed by atoms with van der Waals surface area (Å²) in [6.07, 6.45) is 4.35. The van der Waals surface area contributed by atoms with Crippen LogP contribution in [0.15, 0.2) is 78.9 Å². The fraction of sp³-hybridized carbons (Fsp3) is 0.276. The van der Waals surface area contributed by atoms with Crippen LogP contribution in [0.2, 0.25) is 0 Å². The van der Waals surface area contributed by atoms with E-state index in [0.717, 1.165) is 31.2 Å². The quantitative estimate of drug-likeness (QED) is 0.258. The molecule has 0 heterocycles. The van der Waals surface area contributed by atoms with E-state index in [0.29, 0.717) is 35.7 Å². The van der Waals surface area contributed by atoms with Crippen LogP contribution in [-0.4, -0.2) is 30.6 Å². The second-order valence-corrected chi connectivity index (χ2v) is 8.80. The lowest BCUT2D eigenvalue weighted by Gasteiger charge is -2.23. The predicted octanol–water partition coefficient (Wildman–Crippen LogP) is 5.73. The molecular weight excluding hydrogens is 470 g/mol. The third-order valence-corrected chi connectivity index (χ3v) is 6.09. The van der Waals surface area contributed by atoms with E-state index in [4.69, 9.17) is 17.0 Å². The van der Waals surface area contributed by atoms with Crippen molar-refractivity contribution in [3.8, 4) is 5.75 Å². The van der Waals surface area contributed by atoms with Crippen molar-refractivity contribution in [3.63, 3.8) is 0 Å². The van der Waals surface area contributed by atoms with E-state index in [1.165, 1.54) is 0 Å². The molecule has 188 valence electrons. The van der Waals surface area contributed by atoms with E-state index >= 15 is 0 Å². The molecule has 6 nitrogen and oxygen atoms in total. The molecular formula is C29H33N3O3S. The number of hydrogen-bond acceptors (Lipinski definition) is 4. The lowest BCUT2D eigenvalue weighted by Crippen LogP contribution is -2.41. The van der Waals surface area contributed by atoms with Crippen molar-refractivity contribution in [1.29, 1.82) is 0 Å². The minimum atomic E-state index is -0.359. The van der Waals surface area contributed by atoms with Gasteiger partial charge in [0.2, 0.25) is 0 Å². The van der Waals surface area contributed by atoms with E-state index in [-0.39, 0.29) is 16.9 Å². The molecule has 36 heavy (non-hydrogen) atoms. The summed E-state index contributed by atoms with van der Waals surface area (Å²) in [5.41, 5.74) is 2.47. The van der Waals surface area contributed by atoms with Gasteiger partial charge in [0.25, 0.3) is 11.8 Å². The Morgan fingerprint density at radius 2 is 1.50 bits per heavy atom. The number of thiocarbonyl (C=S) groups is 1. The van der Waals surface area contributed by atoms with Gasteiger partial charge in [-0.05, 0) is 48.5 Å². The number of para-hydroxylation sites is 2. The van der Waals surface area contributed by atoms with Gasteiger partial charge in [-0.1, -0.05) is 80.8 Å². The average molecular weight is 504 g/mol. The maximum Gasteiger partial charge on any atom is 0.261 e. The molecule has 2 amide bonds. The molecule has 3 aromatic rings. The van der Waals surface area contributed by atoms with Crippen molar-refractivity contribution < 1.29 is 14.3 Å². The number of unbranched alkanes of at least 4 members (excludes halogenated alkanes) is 3. The van der Waals surface area contributed by atoms with Crippen LogP contribution in [0.25, 0.3) is 0 Å². The van der Waals surface area contributed by atoms with Crippen LogP contribution in [0, 0.1) is 0 Å². The second kappa shape index (κ2) is 14.0. The van der Waals surface area contributed by atoms with E-state index < -0.39 is 0 Å². The number of rotatable bonds is 11. The zero-order chi connectivity index (χ0) is 25.8. The van der Waals surface area contributed by atoms with Crippen molar-refractivity contribution in [2.45, 2.75) is 39.2 Å². The van der Waals surface area contributed by atoms with Gasteiger partial charge in [0.15, 0.2) is 5.11 Å². The maximum atomic E-state index is 13.0. The van der Waals surface area contributed by atoms with Gasteiger partial charge in [0.05, 0.1) is 23.4 Å². The number of nitrogens with zero attached hydrogens (tertiary/aromatic N) is 1. The molecule has 0 saturated heterocycles. The molecule has 0 aliphatic rings. The monoisotopic (exact) mass is 503 g/mol. The number of carbonyl (C=O) groups excluding carboxylic acids is 2. The first-order valence-electron chi connectivity index (χ1n) is 12.2. The standard InChI is InChI=1S/C29H33N3O3S/c1-3-4-5-13-20-35-26-19-12-10-17-24(26)28(34)31-29(36)32(2)25-18-11-9-16-23(25)27(33)30-21-22-14-7-6-8-15-22/h6-12,14-19H,3-5,13,20-21H2,1-2H3,(H,30,33)(H,31,34,36). The molecule has 0 saturated carbocycles. The lowest BCUT2D eigenvalue weighted by molar-refractivity contribution is 0.0949. The Balaban J connectivity index is 1.65. The third kappa shape index (κ3) is 7.65. The molecule has 0 bridgehead atoms. The van der Waals surface area contributed by atoms with E-state index in [1.54, 1.807) is 48.3 Å². The Kier molecular flexibility index (Phi) is 10.5. The van der Waals surface area contributed by atoms with Crippen LogP contribution < -0.4 is 20.3 Å². The Labute approximate surface area is 218 Å². The first-order valence-corrected chi connectivity index (χ1v) is 12.6. The number of ether oxygens (including phenoxy) is 1. The summed E-state index contributed by atoms with van der Waals surface area (Å²) in [4.78, 5) is 27.6. The van der Waals surface area contributed by atoms with Gasteiger partial charge in [-0.2, -0.15) is 0 Å². The summed E-state index contributed by atoms with van der Waals surface area (Å²) in [5.74, 6) is -0.0584. The zero-order valence-electron chi connectivity index (χ0n) is 20.8. The molecule has 0 fully saturated rings. The van der Waals surface area contributed by atoms with Gasteiger partial charge in [-0.25, -0.2) is 0 Å². The minimum Gasteiger partial charge on any atom is -0.493 e. The van der Waals surface area contributed by atoms with Gasteiger partial charge in [-0.3, -0.25) is 14.9 Å². The molecule has 0 radical (unpaired) electrons. The number of hydrogen-bond donors (Lipinski definition) is 2. The van der Waals surface area contributed by atoms with Gasteiger partial charge in [0, 0.05) is 13.6 Å². The SMILES string of the molecule is CCCCCCOc1ccccc1C(=O)NC(=S)N(C)c1ccccc1C(=O)NCc1ccccc1. The smallest absolute Gasteiger partial charge is 0.261 e. The van der Waals surface area contributed by atoms with Crippen molar-refractivity contribution in [2.24, 2.45) is 0 Å². The molecule has 7 heteroatoms. The first kappa shape index (κ1) is 26.9. The lowest BCUT2D eigenvalue weighted by atomic mass is 10.1. The fourth-order valence-electron chi connectivity index (χ4n) is 3.68. The summed E-state index contributed by atoms with van der Waals surface area (Å²) in [6, 6.07) is 24.0. The summed E-state index contributed by atoms with van der Waals surface area (Å²) in [7, 11) is 1.72. The van der Waals surface area contributed by atoms with E-state index in [9.17, 15) is 9.59 Å². The van der Waals surface area contributed by atoms with Crippen molar-refractivity contribution >= 4 is 34.8 Å². The summed E-state index contributed by atoms with van der Waals surface area (Å²) >= 11 is 5.52. The molecule has 2 N–H and O–H groups in total. The fourth-order valence-corrected chi connectivity index (χ4v) is 3.87. The third-order valence-electron chi connectivity index (χ3n) is 5.72. The first-order chi connectivity index (χ1) is 17.5. The molecule has 0 unspecified atom stereocenters. The van der Waals surface area contributed by atoms with Crippen LogP contribution >= 0.6 is 12.2 Å². The number of anilines is 1. The Bertz CT molecular complexity index is 1170. The van der Waals surface area contributed by atoms with Crippen molar-refractivity contribution in [1.82, 2.24) is 10.6 Å². The Morgan fingerprint density at radius 3 is 2.25 bits per heavy atom. The number of amides is 2. The summed E-state index contributed by atoms with van der Waals surface area (Å²) in [6.45, 7) is 3.13. The van der Waals surface area contributed by atoms with Gasteiger partial charge >= 0.3 is 0 Å². The number of nitrogens with one attached hydrogen (secondary N) is 2. The highest BCUT2D eigenvalue weighted by Gasteiger charge is 2.19. The largest absolute Gasteiger partial charge is 0.493 e. The molecule has 0 atom stereocenters. The van der Waals surface area contributed by atoms with Crippen LogP contribution in [0.5, 0.6) is 5.75 Å². The van der Waals surface area contributed by atoms with Gasteiger partial charge in [-0.15, -0.1) is 0 Å². The zero-order valence-corrected chi connectivity index (χ0v) is 21.6. The highest BCUT2D eigenvalue weighted by atomic mass is 32.1. The van der Waals surface area contributed by atoms with Gasteiger partial charge < -0.3 is 15.0 Å². The average Bonchev–Trinajstić information content (AvgIpc) is 2.92. The minimum absolute atomic E-state index is 0.182. The molecule has 0 aliphatic heterocycles. The van der Waals surface area contributed by atoms with Crippen molar-refractivity contribution in [2.75, 3.05) is 18.6 Å². The predicted molar refractivity (Wildman–Crippen MR) is 149 cm³/mol. The molecule has 3 rings (SSSR count). The maximum absolute atomic E-state index is 13.0. The Hall–Kier alpha value is -3.71.